The van der Waals surface area contributed by atoms with Crippen LogP contribution in [0.2, 0.25) is 0 Å². The second kappa shape index (κ2) is 5.46. The van der Waals surface area contributed by atoms with Gasteiger partial charge < -0.3 is 15.2 Å². The molecule has 88 valence electrons. The van der Waals surface area contributed by atoms with Gasteiger partial charge in [-0.05, 0) is 19.1 Å². The van der Waals surface area contributed by atoms with Gasteiger partial charge in [0.1, 0.15) is 11.4 Å². The lowest BCUT2D eigenvalue weighted by Gasteiger charge is -2.16. The maximum absolute atomic E-state index is 13.3. The normalized spacial score (nSPS) is 12.2. The summed E-state index contributed by atoms with van der Waals surface area (Å²) in [6.07, 6.45) is 0. The Morgan fingerprint density at radius 2 is 2.31 bits per heavy atom. The van der Waals surface area contributed by atoms with E-state index in [2.05, 4.69) is 5.32 Å². The van der Waals surface area contributed by atoms with Gasteiger partial charge in [-0.2, -0.15) is 0 Å². The lowest BCUT2D eigenvalue weighted by atomic mass is 10.1. The van der Waals surface area contributed by atoms with Gasteiger partial charge in [0.05, 0.1) is 12.3 Å². The molecule has 0 bridgehead atoms. The van der Waals surface area contributed by atoms with Gasteiger partial charge in [0, 0.05) is 13.2 Å². The van der Waals surface area contributed by atoms with Gasteiger partial charge in [-0.3, -0.25) is 0 Å². The number of anilines is 1. The van der Waals surface area contributed by atoms with Crippen LogP contribution in [0.3, 0.4) is 0 Å². The van der Waals surface area contributed by atoms with Gasteiger partial charge in [0.25, 0.3) is 0 Å². The lowest BCUT2D eigenvalue weighted by molar-refractivity contribution is 0.0693. The Morgan fingerprint density at radius 3 is 2.88 bits per heavy atom. The van der Waals surface area contributed by atoms with E-state index < -0.39 is 11.8 Å². The molecule has 1 rings (SSSR count). The van der Waals surface area contributed by atoms with Gasteiger partial charge in [-0.15, -0.1) is 0 Å². The van der Waals surface area contributed by atoms with E-state index in [1.165, 1.54) is 12.1 Å². The number of methoxy groups -OCH3 is 1. The summed E-state index contributed by atoms with van der Waals surface area (Å²) in [6.45, 7) is 2.23. The van der Waals surface area contributed by atoms with E-state index in [0.717, 1.165) is 6.07 Å². The topological polar surface area (TPSA) is 58.6 Å². The average molecular weight is 227 g/mol. The molecular weight excluding hydrogens is 213 g/mol. The Hall–Kier alpha value is -1.62. The van der Waals surface area contributed by atoms with Gasteiger partial charge in [0.15, 0.2) is 0 Å². The maximum Gasteiger partial charge on any atom is 0.340 e. The first-order valence-electron chi connectivity index (χ1n) is 4.83. The molecule has 5 heteroatoms. The first kappa shape index (κ1) is 12.4. The molecule has 0 radical (unpaired) electrons. The fraction of sp³-hybridized carbons (Fsp3) is 0.364. The van der Waals surface area contributed by atoms with Crippen LogP contribution in [-0.4, -0.2) is 30.8 Å². The van der Waals surface area contributed by atoms with E-state index in [-0.39, 0.29) is 17.3 Å². The molecule has 4 nitrogen and oxygen atoms in total. The fourth-order valence-corrected chi connectivity index (χ4v) is 1.42. The number of nitrogens with one attached hydrogen (secondary N) is 1. The molecule has 0 spiro atoms. The fourth-order valence-electron chi connectivity index (χ4n) is 1.42. The summed E-state index contributed by atoms with van der Waals surface area (Å²) >= 11 is 0. The Kier molecular flexibility index (Phi) is 4.25. The van der Waals surface area contributed by atoms with Crippen molar-refractivity contribution in [3.8, 4) is 0 Å². The molecule has 0 aromatic heterocycles. The van der Waals surface area contributed by atoms with Crippen LogP contribution in [0.4, 0.5) is 10.1 Å². The molecule has 0 heterocycles. The number of ether oxygens (including phenoxy) is 1. The number of halogens is 1. The number of hydrogen-bond acceptors (Lipinski definition) is 3. The summed E-state index contributed by atoms with van der Waals surface area (Å²) in [5, 5.41) is 11.8. The lowest BCUT2D eigenvalue weighted by Crippen LogP contribution is -2.22. The van der Waals surface area contributed by atoms with Gasteiger partial charge in [0.2, 0.25) is 0 Å². The second-order valence-corrected chi connectivity index (χ2v) is 3.47. The van der Waals surface area contributed by atoms with Crippen molar-refractivity contribution in [2.45, 2.75) is 13.0 Å². The smallest absolute Gasteiger partial charge is 0.340 e. The first-order chi connectivity index (χ1) is 7.56. The molecule has 0 fully saturated rings. The third-order valence-corrected chi connectivity index (χ3v) is 2.05. The molecule has 0 aliphatic carbocycles. The third-order valence-electron chi connectivity index (χ3n) is 2.05. The monoisotopic (exact) mass is 227 g/mol. The van der Waals surface area contributed by atoms with E-state index in [0.29, 0.717) is 6.61 Å². The Morgan fingerprint density at radius 1 is 1.62 bits per heavy atom. The van der Waals surface area contributed by atoms with Crippen LogP contribution in [0, 0.1) is 5.82 Å². The molecule has 0 saturated heterocycles. The zero-order chi connectivity index (χ0) is 12.1. The molecule has 1 aromatic carbocycles. The number of carboxylic acid groups (broad SMARTS) is 1. The number of carboxylic acids is 1. The van der Waals surface area contributed by atoms with Crippen molar-refractivity contribution < 1.29 is 19.0 Å². The summed E-state index contributed by atoms with van der Waals surface area (Å²) in [4.78, 5) is 10.9. The molecule has 0 aliphatic rings. The highest BCUT2D eigenvalue weighted by Crippen LogP contribution is 2.19. The summed E-state index contributed by atoms with van der Waals surface area (Å²) in [5.74, 6) is -2.03. The first-order valence-corrected chi connectivity index (χ1v) is 4.83. The van der Waals surface area contributed by atoms with Crippen molar-refractivity contribution in [1.29, 1.82) is 0 Å². The number of hydrogen-bond donors (Lipinski definition) is 2. The van der Waals surface area contributed by atoms with Crippen LogP contribution < -0.4 is 5.32 Å². The van der Waals surface area contributed by atoms with E-state index in [4.69, 9.17) is 9.84 Å². The molecule has 0 aliphatic heterocycles. The number of carbonyl (C=O) groups is 1. The average Bonchev–Trinajstić information content (AvgIpc) is 2.17. The van der Waals surface area contributed by atoms with E-state index in [9.17, 15) is 9.18 Å². The molecule has 1 aromatic rings. The summed E-state index contributed by atoms with van der Waals surface area (Å²) in [7, 11) is 1.54. The van der Waals surface area contributed by atoms with Crippen LogP contribution in [0.25, 0.3) is 0 Å². The van der Waals surface area contributed by atoms with Crippen molar-refractivity contribution >= 4 is 11.7 Å². The predicted molar refractivity (Wildman–Crippen MR) is 58.3 cm³/mol. The standard InChI is InChI=1S/C11H14FNO3/c1-7(6-16-2)13-9-5-3-4-8(12)10(9)11(14)15/h3-5,7,13H,6H2,1-2H3,(H,14,15). The molecule has 1 unspecified atom stereocenters. The van der Waals surface area contributed by atoms with Crippen LogP contribution in [0.1, 0.15) is 17.3 Å². The molecule has 16 heavy (non-hydrogen) atoms. The Balaban J connectivity index is 2.95. The molecule has 0 saturated carbocycles. The van der Waals surface area contributed by atoms with E-state index in [1.807, 2.05) is 6.92 Å². The summed E-state index contributed by atoms with van der Waals surface area (Å²) < 4.78 is 18.2. The maximum atomic E-state index is 13.3. The minimum Gasteiger partial charge on any atom is -0.478 e. The molecule has 0 amide bonds. The van der Waals surface area contributed by atoms with Crippen LogP contribution >= 0.6 is 0 Å². The van der Waals surface area contributed by atoms with Gasteiger partial charge in [-0.1, -0.05) is 6.07 Å². The number of rotatable bonds is 5. The van der Waals surface area contributed by atoms with Gasteiger partial charge >= 0.3 is 5.97 Å². The highest BCUT2D eigenvalue weighted by molar-refractivity contribution is 5.94. The van der Waals surface area contributed by atoms with Gasteiger partial charge in [-0.25, -0.2) is 9.18 Å². The van der Waals surface area contributed by atoms with Crippen molar-refractivity contribution in [2.24, 2.45) is 0 Å². The van der Waals surface area contributed by atoms with Crippen molar-refractivity contribution in [1.82, 2.24) is 0 Å². The Bertz CT molecular complexity index is 381. The SMILES string of the molecule is COCC(C)Nc1cccc(F)c1C(=O)O. The summed E-state index contributed by atoms with van der Waals surface area (Å²) in [6, 6.07) is 4.02. The molecular formula is C11H14FNO3. The van der Waals surface area contributed by atoms with Crippen molar-refractivity contribution in [3.63, 3.8) is 0 Å². The highest BCUT2D eigenvalue weighted by Gasteiger charge is 2.16. The van der Waals surface area contributed by atoms with Crippen molar-refractivity contribution in [3.05, 3.63) is 29.6 Å². The minimum absolute atomic E-state index is 0.0927. The Labute approximate surface area is 93.0 Å². The zero-order valence-electron chi connectivity index (χ0n) is 9.16. The van der Waals surface area contributed by atoms with Crippen molar-refractivity contribution in [2.75, 3.05) is 19.0 Å². The summed E-state index contributed by atoms with van der Waals surface area (Å²) in [5.41, 5.74) is -0.0810. The number of benzene rings is 1. The zero-order valence-corrected chi connectivity index (χ0v) is 9.16. The highest BCUT2D eigenvalue weighted by atomic mass is 19.1. The van der Waals surface area contributed by atoms with E-state index >= 15 is 0 Å². The molecule has 2 N–H and O–H groups in total. The third kappa shape index (κ3) is 2.93. The van der Waals surface area contributed by atoms with E-state index in [1.54, 1.807) is 7.11 Å². The number of aromatic carboxylic acids is 1. The van der Waals surface area contributed by atoms with Crippen LogP contribution in [-0.2, 0) is 4.74 Å². The predicted octanol–water partition coefficient (Wildman–Crippen LogP) is 1.97. The largest absolute Gasteiger partial charge is 0.478 e. The van der Waals surface area contributed by atoms with Crippen LogP contribution in [0.5, 0.6) is 0 Å². The quantitative estimate of drug-likeness (QED) is 0.807. The minimum atomic E-state index is -1.29. The molecule has 1 atom stereocenters. The van der Waals surface area contributed by atoms with Crippen LogP contribution in [0.15, 0.2) is 18.2 Å². The second-order valence-electron chi connectivity index (χ2n) is 3.47.